The maximum atomic E-state index is 13.0. The van der Waals surface area contributed by atoms with Crippen molar-refractivity contribution >= 4 is 17.4 Å². The predicted octanol–water partition coefficient (Wildman–Crippen LogP) is 4.42. The fraction of sp³-hybridized carbons (Fsp3) is 0.533. The van der Waals surface area contributed by atoms with E-state index in [9.17, 15) is 9.18 Å². The first-order valence-electron chi connectivity index (χ1n) is 6.56. The van der Waals surface area contributed by atoms with Crippen molar-refractivity contribution in [3.05, 3.63) is 34.6 Å². The minimum Gasteiger partial charge on any atom is -0.299 e. The number of benzene rings is 1. The molecule has 0 bridgehead atoms. The first-order chi connectivity index (χ1) is 8.60. The zero-order valence-corrected chi connectivity index (χ0v) is 11.3. The van der Waals surface area contributed by atoms with E-state index in [1.165, 1.54) is 6.07 Å². The molecule has 3 heteroatoms. The van der Waals surface area contributed by atoms with Gasteiger partial charge in [0.1, 0.15) is 11.6 Å². The topological polar surface area (TPSA) is 17.1 Å². The Morgan fingerprint density at radius 3 is 2.83 bits per heavy atom. The largest absolute Gasteiger partial charge is 0.299 e. The van der Waals surface area contributed by atoms with E-state index >= 15 is 0 Å². The Bertz CT molecular complexity index is 444. The van der Waals surface area contributed by atoms with Crippen LogP contribution < -0.4 is 0 Å². The van der Waals surface area contributed by atoms with Gasteiger partial charge in [-0.3, -0.25) is 4.79 Å². The maximum absolute atomic E-state index is 13.0. The van der Waals surface area contributed by atoms with Crippen LogP contribution in [0.15, 0.2) is 18.2 Å². The molecule has 1 aromatic carbocycles. The third kappa shape index (κ3) is 3.11. The van der Waals surface area contributed by atoms with Gasteiger partial charge in [-0.2, -0.15) is 0 Å². The summed E-state index contributed by atoms with van der Waals surface area (Å²) in [5, 5.41) is 0.0955. The summed E-state index contributed by atoms with van der Waals surface area (Å²) in [6, 6.07) is 4.53. The third-order valence-corrected chi connectivity index (χ3v) is 4.23. The van der Waals surface area contributed by atoms with Crippen LogP contribution in [-0.2, 0) is 11.2 Å². The maximum Gasteiger partial charge on any atom is 0.141 e. The van der Waals surface area contributed by atoms with E-state index < -0.39 is 5.82 Å². The molecule has 1 aliphatic rings. The number of ketones is 1. The van der Waals surface area contributed by atoms with Crippen LogP contribution in [-0.4, -0.2) is 5.78 Å². The van der Waals surface area contributed by atoms with Gasteiger partial charge in [-0.25, -0.2) is 4.39 Å². The molecule has 0 aliphatic heterocycles. The van der Waals surface area contributed by atoms with Gasteiger partial charge in [0.15, 0.2) is 0 Å². The number of Topliss-reactive ketones (excluding diaryl/α,β-unsaturated/α-hetero) is 1. The molecule has 0 spiro atoms. The molecule has 1 saturated carbocycles. The van der Waals surface area contributed by atoms with Crippen LogP contribution in [0.25, 0.3) is 0 Å². The van der Waals surface area contributed by atoms with Gasteiger partial charge in [-0.1, -0.05) is 31.0 Å². The van der Waals surface area contributed by atoms with Gasteiger partial charge in [0.2, 0.25) is 0 Å². The highest BCUT2D eigenvalue weighted by molar-refractivity contribution is 6.30. The molecule has 0 amide bonds. The molecule has 0 heterocycles. The summed E-state index contributed by atoms with van der Waals surface area (Å²) >= 11 is 5.72. The Morgan fingerprint density at radius 2 is 2.22 bits per heavy atom. The Hall–Kier alpha value is -0.890. The van der Waals surface area contributed by atoms with E-state index in [4.69, 9.17) is 11.6 Å². The SMILES string of the molecule is CCC1CCC(C(=O)Cc2ccc(F)c(Cl)c2)C1. The Labute approximate surface area is 112 Å². The lowest BCUT2D eigenvalue weighted by Crippen LogP contribution is -2.14. The molecule has 98 valence electrons. The lowest BCUT2D eigenvalue weighted by molar-refractivity contribution is -0.122. The monoisotopic (exact) mass is 268 g/mol. The van der Waals surface area contributed by atoms with Crippen LogP contribution in [0.3, 0.4) is 0 Å². The van der Waals surface area contributed by atoms with Crippen LogP contribution >= 0.6 is 11.6 Å². The summed E-state index contributed by atoms with van der Waals surface area (Å²) in [5.74, 6) is 0.739. The second-order valence-electron chi connectivity index (χ2n) is 5.18. The van der Waals surface area contributed by atoms with Crippen LogP contribution in [0, 0.1) is 17.7 Å². The quantitative estimate of drug-likeness (QED) is 0.790. The molecule has 0 radical (unpaired) electrons. The predicted molar refractivity (Wildman–Crippen MR) is 71.2 cm³/mol. The summed E-state index contributed by atoms with van der Waals surface area (Å²) in [4.78, 5) is 12.1. The van der Waals surface area contributed by atoms with Gasteiger partial charge in [0.25, 0.3) is 0 Å². The van der Waals surface area contributed by atoms with Crippen molar-refractivity contribution < 1.29 is 9.18 Å². The lowest BCUT2D eigenvalue weighted by atomic mass is 9.95. The molecule has 1 fully saturated rings. The third-order valence-electron chi connectivity index (χ3n) is 3.94. The van der Waals surface area contributed by atoms with Gasteiger partial charge in [-0.05, 0) is 42.9 Å². The van der Waals surface area contributed by atoms with E-state index in [0.717, 1.165) is 31.2 Å². The fourth-order valence-corrected chi connectivity index (χ4v) is 2.94. The molecular formula is C15H18ClFO. The van der Waals surface area contributed by atoms with Crippen molar-refractivity contribution in [3.63, 3.8) is 0 Å². The average Bonchev–Trinajstić information content (AvgIpc) is 2.82. The van der Waals surface area contributed by atoms with Gasteiger partial charge >= 0.3 is 0 Å². The summed E-state index contributed by atoms with van der Waals surface area (Å²) in [6.45, 7) is 2.18. The second kappa shape index (κ2) is 5.83. The zero-order valence-electron chi connectivity index (χ0n) is 10.6. The average molecular weight is 269 g/mol. The molecule has 2 rings (SSSR count). The highest BCUT2D eigenvalue weighted by atomic mass is 35.5. The lowest BCUT2D eigenvalue weighted by Gasteiger charge is -2.09. The molecule has 0 N–H and O–H groups in total. The number of hydrogen-bond donors (Lipinski definition) is 0. The molecule has 2 atom stereocenters. The van der Waals surface area contributed by atoms with Crippen LogP contribution in [0.2, 0.25) is 5.02 Å². The van der Waals surface area contributed by atoms with E-state index in [0.29, 0.717) is 12.3 Å². The first kappa shape index (κ1) is 13.5. The van der Waals surface area contributed by atoms with Crippen molar-refractivity contribution in [1.29, 1.82) is 0 Å². The highest BCUT2D eigenvalue weighted by Gasteiger charge is 2.28. The summed E-state index contributed by atoms with van der Waals surface area (Å²) in [6.07, 6.45) is 4.72. The number of halogens is 2. The van der Waals surface area contributed by atoms with Crippen molar-refractivity contribution in [2.24, 2.45) is 11.8 Å². The van der Waals surface area contributed by atoms with Crippen molar-refractivity contribution in [1.82, 2.24) is 0 Å². The number of carbonyl (C=O) groups excluding carboxylic acids is 1. The summed E-state index contributed by atoms with van der Waals surface area (Å²) in [5.41, 5.74) is 0.811. The van der Waals surface area contributed by atoms with Crippen LogP contribution in [0.5, 0.6) is 0 Å². The number of rotatable bonds is 4. The fourth-order valence-electron chi connectivity index (χ4n) is 2.73. The summed E-state index contributed by atoms with van der Waals surface area (Å²) < 4.78 is 13.0. The van der Waals surface area contributed by atoms with E-state index in [2.05, 4.69) is 6.92 Å². The van der Waals surface area contributed by atoms with E-state index in [-0.39, 0.29) is 16.7 Å². The van der Waals surface area contributed by atoms with Crippen molar-refractivity contribution in [2.75, 3.05) is 0 Å². The van der Waals surface area contributed by atoms with E-state index in [1.807, 2.05) is 0 Å². The second-order valence-corrected chi connectivity index (χ2v) is 5.58. The molecule has 0 aromatic heterocycles. The van der Waals surface area contributed by atoms with E-state index in [1.54, 1.807) is 12.1 Å². The molecule has 18 heavy (non-hydrogen) atoms. The van der Waals surface area contributed by atoms with Crippen LogP contribution in [0.4, 0.5) is 4.39 Å². The molecule has 0 saturated heterocycles. The standard InChI is InChI=1S/C15H18ClFO/c1-2-10-3-5-12(7-10)15(18)9-11-4-6-14(17)13(16)8-11/h4,6,8,10,12H,2-3,5,7,9H2,1H3. The normalized spacial score (nSPS) is 23.3. The first-order valence-corrected chi connectivity index (χ1v) is 6.94. The molecule has 2 unspecified atom stereocenters. The smallest absolute Gasteiger partial charge is 0.141 e. The molecule has 1 aliphatic carbocycles. The van der Waals surface area contributed by atoms with Crippen molar-refractivity contribution in [2.45, 2.75) is 39.0 Å². The van der Waals surface area contributed by atoms with Gasteiger partial charge < -0.3 is 0 Å². The minimum absolute atomic E-state index is 0.0955. The van der Waals surface area contributed by atoms with Crippen LogP contribution in [0.1, 0.15) is 38.2 Å². The molecular weight excluding hydrogens is 251 g/mol. The minimum atomic E-state index is -0.431. The number of carbonyl (C=O) groups is 1. The molecule has 1 aromatic rings. The Balaban J connectivity index is 1.97. The Morgan fingerprint density at radius 1 is 1.44 bits per heavy atom. The van der Waals surface area contributed by atoms with Gasteiger partial charge in [-0.15, -0.1) is 0 Å². The Kier molecular flexibility index (Phi) is 4.39. The summed E-state index contributed by atoms with van der Waals surface area (Å²) in [7, 11) is 0. The number of hydrogen-bond acceptors (Lipinski definition) is 1. The zero-order chi connectivity index (χ0) is 13.1. The molecule has 1 nitrogen and oxygen atoms in total. The van der Waals surface area contributed by atoms with Gasteiger partial charge in [0, 0.05) is 12.3 Å². The highest BCUT2D eigenvalue weighted by Crippen LogP contribution is 2.34. The van der Waals surface area contributed by atoms with Crippen molar-refractivity contribution in [3.8, 4) is 0 Å². The van der Waals surface area contributed by atoms with Gasteiger partial charge in [0.05, 0.1) is 5.02 Å².